The molecule has 4 heteroatoms. The van der Waals surface area contributed by atoms with Gasteiger partial charge in [-0.1, -0.05) is 6.42 Å². The van der Waals surface area contributed by atoms with Gasteiger partial charge in [-0.2, -0.15) is 0 Å². The number of rotatable bonds is 4. The second-order valence-electron chi connectivity index (χ2n) is 6.13. The first-order chi connectivity index (χ1) is 9.83. The van der Waals surface area contributed by atoms with Crippen LogP contribution in [0.25, 0.3) is 0 Å². The number of hydrogen-bond acceptors (Lipinski definition) is 4. The van der Waals surface area contributed by atoms with Gasteiger partial charge < -0.3 is 15.3 Å². The summed E-state index contributed by atoms with van der Waals surface area (Å²) in [6.45, 7) is 3.20. The Morgan fingerprint density at radius 2 is 1.90 bits per heavy atom. The smallest absolute Gasteiger partial charge is 0.0580 e. The molecule has 0 bridgehead atoms. The summed E-state index contributed by atoms with van der Waals surface area (Å²) in [7, 11) is 0. The Morgan fingerprint density at radius 3 is 2.55 bits per heavy atom. The highest BCUT2D eigenvalue weighted by Crippen LogP contribution is 2.25. The van der Waals surface area contributed by atoms with E-state index in [0.717, 1.165) is 26.1 Å². The number of nitrogens with zero attached hydrogens (tertiary/aromatic N) is 2. The first kappa shape index (κ1) is 13.8. The molecule has 1 aliphatic heterocycles. The Hall–Kier alpha value is -1.13. The lowest BCUT2D eigenvalue weighted by Crippen LogP contribution is -2.44. The van der Waals surface area contributed by atoms with E-state index in [9.17, 15) is 5.11 Å². The predicted molar refractivity (Wildman–Crippen MR) is 80.8 cm³/mol. The van der Waals surface area contributed by atoms with Crippen LogP contribution in [0, 0.1) is 5.92 Å². The molecule has 3 rings (SSSR count). The van der Waals surface area contributed by atoms with Crippen LogP contribution in [-0.2, 0) is 0 Å². The third kappa shape index (κ3) is 3.30. The van der Waals surface area contributed by atoms with E-state index in [2.05, 4.69) is 27.3 Å². The highest BCUT2D eigenvalue weighted by molar-refractivity contribution is 5.44. The van der Waals surface area contributed by atoms with Crippen molar-refractivity contribution >= 4 is 5.69 Å². The van der Waals surface area contributed by atoms with Crippen LogP contribution in [0.5, 0.6) is 0 Å². The number of aliphatic hydroxyl groups excluding tert-OH is 1. The topological polar surface area (TPSA) is 48.4 Å². The summed E-state index contributed by atoms with van der Waals surface area (Å²) in [5.41, 5.74) is 1.28. The average Bonchev–Trinajstić information content (AvgIpc) is 2.92. The van der Waals surface area contributed by atoms with Crippen LogP contribution in [0.4, 0.5) is 5.69 Å². The Balaban J connectivity index is 1.42. The normalized spacial score (nSPS) is 27.9. The molecule has 1 saturated heterocycles. The monoisotopic (exact) mass is 275 g/mol. The van der Waals surface area contributed by atoms with Crippen molar-refractivity contribution in [2.45, 2.75) is 44.2 Å². The largest absolute Gasteiger partial charge is 0.393 e. The van der Waals surface area contributed by atoms with E-state index >= 15 is 0 Å². The van der Waals surface area contributed by atoms with E-state index < -0.39 is 0 Å². The molecule has 2 fully saturated rings. The van der Waals surface area contributed by atoms with Gasteiger partial charge in [0, 0.05) is 43.8 Å². The fourth-order valence-corrected chi connectivity index (χ4v) is 3.47. The fourth-order valence-electron chi connectivity index (χ4n) is 3.47. The molecule has 2 unspecified atom stereocenters. The maximum atomic E-state index is 9.86. The molecule has 2 atom stereocenters. The van der Waals surface area contributed by atoms with E-state index in [1.54, 1.807) is 0 Å². The van der Waals surface area contributed by atoms with Gasteiger partial charge in [0.05, 0.1) is 6.10 Å². The van der Waals surface area contributed by atoms with Crippen LogP contribution >= 0.6 is 0 Å². The van der Waals surface area contributed by atoms with E-state index in [-0.39, 0.29) is 6.10 Å². The van der Waals surface area contributed by atoms with Crippen molar-refractivity contribution in [3.05, 3.63) is 24.5 Å². The van der Waals surface area contributed by atoms with Crippen molar-refractivity contribution in [3.8, 4) is 0 Å². The SMILES string of the molecule is OC1CCCC1CNC1CCN(c2ccncc2)CC1. The van der Waals surface area contributed by atoms with Crippen molar-refractivity contribution in [1.29, 1.82) is 0 Å². The number of aromatic nitrogens is 1. The Labute approximate surface area is 121 Å². The minimum absolute atomic E-state index is 0.0700. The third-order valence-electron chi connectivity index (χ3n) is 4.81. The molecule has 2 aliphatic rings. The quantitative estimate of drug-likeness (QED) is 0.880. The Bertz CT molecular complexity index is 403. The second-order valence-corrected chi connectivity index (χ2v) is 6.13. The fraction of sp³-hybridized carbons (Fsp3) is 0.688. The van der Waals surface area contributed by atoms with Crippen LogP contribution in [0.2, 0.25) is 0 Å². The van der Waals surface area contributed by atoms with Crippen LogP contribution in [0.3, 0.4) is 0 Å². The molecule has 0 radical (unpaired) electrons. The van der Waals surface area contributed by atoms with Crippen molar-refractivity contribution in [2.24, 2.45) is 5.92 Å². The molecule has 2 heterocycles. The maximum Gasteiger partial charge on any atom is 0.0580 e. The number of pyridine rings is 1. The van der Waals surface area contributed by atoms with Gasteiger partial charge in [-0.3, -0.25) is 4.98 Å². The molecule has 110 valence electrons. The minimum Gasteiger partial charge on any atom is -0.393 e. The third-order valence-corrected chi connectivity index (χ3v) is 4.81. The van der Waals surface area contributed by atoms with E-state index in [1.165, 1.54) is 31.4 Å². The molecule has 20 heavy (non-hydrogen) atoms. The molecule has 1 aliphatic carbocycles. The standard InChI is InChI=1S/C16H25N3O/c20-16-3-1-2-13(16)12-18-14-6-10-19(11-7-14)15-4-8-17-9-5-15/h4-5,8-9,13-14,16,18,20H,1-3,6-7,10-12H2. The van der Waals surface area contributed by atoms with Crippen molar-refractivity contribution in [1.82, 2.24) is 10.3 Å². The summed E-state index contributed by atoms with van der Waals surface area (Å²) < 4.78 is 0. The molecule has 4 nitrogen and oxygen atoms in total. The lowest BCUT2D eigenvalue weighted by molar-refractivity contribution is 0.129. The summed E-state index contributed by atoms with van der Waals surface area (Å²) in [4.78, 5) is 6.51. The maximum absolute atomic E-state index is 9.86. The summed E-state index contributed by atoms with van der Waals surface area (Å²) in [6, 6.07) is 4.78. The molecule has 1 aromatic rings. The van der Waals surface area contributed by atoms with E-state index in [4.69, 9.17) is 0 Å². The first-order valence-electron chi connectivity index (χ1n) is 7.89. The van der Waals surface area contributed by atoms with E-state index in [1.807, 2.05) is 12.4 Å². The zero-order chi connectivity index (χ0) is 13.8. The summed E-state index contributed by atoms with van der Waals surface area (Å²) >= 11 is 0. The number of piperidine rings is 1. The molecule has 1 aromatic heterocycles. The van der Waals surface area contributed by atoms with Crippen molar-refractivity contribution in [2.75, 3.05) is 24.5 Å². The zero-order valence-electron chi connectivity index (χ0n) is 12.0. The number of nitrogens with one attached hydrogen (secondary N) is 1. The number of anilines is 1. The summed E-state index contributed by atoms with van der Waals surface area (Å²) in [6.07, 6.45) is 9.39. The van der Waals surface area contributed by atoms with Crippen LogP contribution in [0.15, 0.2) is 24.5 Å². The van der Waals surface area contributed by atoms with Crippen molar-refractivity contribution < 1.29 is 5.11 Å². The van der Waals surface area contributed by atoms with Crippen LogP contribution in [0.1, 0.15) is 32.1 Å². The Kier molecular flexibility index (Phi) is 4.53. The molecular weight excluding hydrogens is 250 g/mol. The van der Waals surface area contributed by atoms with Crippen LogP contribution in [-0.4, -0.2) is 41.9 Å². The molecule has 0 amide bonds. The molecule has 0 aromatic carbocycles. The lowest BCUT2D eigenvalue weighted by Gasteiger charge is -2.34. The predicted octanol–water partition coefficient (Wildman–Crippen LogP) is 1.80. The molecule has 1 saturated carbocycles. The van der Waals surface area contributed by atoms with Gasteiger partial charge in [-0.25, -0.2) is 0 Å². The second kappa shape index (κ2) is 6.55. The first-order valence-corrected chi connectivity index (χ1v) is 7.89. The summed E-state index contributed by atoms with van der Waals surface area (Å²) in [5, 5.41) is 13.5. The van der Waals surface area contributed by atoms with Gasteiger partial charge >= 0.3 is 0 Å². The van der Waals surface area contributed by atoms with E-state index in [0.29, 0.717) is 12.0 Å². The summed E-state index contributed by atoms with van der Waals surface area (Å²) in [5.74, 6) is 0.480. The Morgan fingerprint density at radius 1 is 1.15 bits per heavy atom. The highest BCUT2D eigenvalue weighted by atomic mass is 16.3. The number of aliphatic hydroxyl groups is 1. The van der Waals surface area contributed by atoms with Gasteiger partial charge in [0.2, 0.25) is 0 Å². The van der Waals surface area contributed by atoms with Crippen molar-refractivity contribution in [3.63, 3.8) is 0 Å². The van der Waals surface area contributed by atoms with Gasteiger partial charge in [0.15, 0.2) is 0 Å². The molecule has 2 N–H and O–H groups in total. The van der Waals surface area contributed by atoms with Gasteiger partial charge in [-0.05, 0) is 43.7 Å². The van der Waals surface area contributed by atoms with Crippen LogP contribution < -0.4 is 10.2 Å². The average molecular weight is 275 g/mol. The lowest BCUT2D eigenvalue weighted by atomic mass is 10.0. The van der Waals surface area contributed by atoms with Gasteiger partial charge in [0.25, 0.3) is 0 Å². The number of hydrogen-bond donors (Lipinski definition) is 2. The molecular formula is C16H25N3O. The molecule has 0 spiro atoms. The minimum atomic E-state index is -0.0700. The van der Waals surface area contributed by atoms with Gasteiger partial charge in [-0.15, -0.1) is 0 Å². The van der Waals surface area contributed by atoms with Gasteiger partial charge in [0.1, 0.15) is 0 Å². The highest BCUT2D eigenvalue weighted by Gasteiger charge is 2.26. The zero-order valence-corrected chi connectivity index (χ0v) is 12.0.